The van der Waals surface area contributed by atoms with Gasteiger partial charge in [0.2, 0.25) is 5.91 Å². The summed E-state index contributed by atoms with van der Waals surface area (Å²) in [5.41, 5.74) is 1.38. The summed E-state index contributed by atoms with van der Waals surface area (Å²) in [6.07, 6.45) is 8.77. The van der Waals surface area contributed by atoms with Crippen LogP contribution in [0.1, 0.15) is 72.1 Å². The molecule has 1 aromatic rings. The molecule has 2 atom stereocenters. The molecule has 204 valence electrons. The highest BCUT2D eigenvalue weighted by Crippen LogP contribution is 2.56. The van der Waals surface area contributed by atoms with E-state index in [0.29, 0.717) is 35.7 Å². The molecular weight excluding hydrogens is 502 g/mol. The van der Waals surface area contributed by atoms with E-state index in [1.165, 1.54) is 32.1 Å². The molecule has 6 fully saturated rings. The average molecular weight is 540 g/mol. The highest BCUT2D eigenvalue weighted by atomic mass is 32.2. The zero-order chi connectivity index (χ0) is 26.2. The number of carbonyl (C=O) groups is 3. The van der Waals surface area contributed by atoms with Crippen LogP contribution in [0.2, 0.25) is 0 Å². The molecule has 2 unspecified atom stereocenters. The summed E-state index contributed by atoms with van der Waals surface area (Å²) in [7, 11) is -3.24. The number of hydrogen-bond acceptors (Lipinski definition) is 6. The molecule has 8 nitrogen and oxygen atoms in total. The van der Waals surface area contributed by atoms with Gasteiger partial charge in [-0.15, -0.1) is 0 Å². The monoisotopic (exact) mass is 539 g/mol. The highest BCUT2D eigenvalue weighted by Gasteiger charge is 2.48. The molecule has 1 aromatic carbocycles. The Bertz CT molecular complexity index is 1260. The second kappa shape index (κ2) is 9.07. The van der Waals surface area contributed by atoms with Crippen LogP contribution in [0.25, 0.3) is 0 Å². The van der Waals surface area contributed by atoms with Crippen LogP contribution >= 0.6 is 0 Å². The topological polar surface area (TPSA) is 104 Å². The van der Waals surface area contributed by atoms with Gasteiger partial charge in [-0.2, -0.15) is 0 Å². The number of fused-ring (bicyclic) bond motifs is 1. The van der Waals surface area contributed by atoms with E-state index in [0.717, 1.165) is 54.5 Å². The fourth-order valence-corrected chi connectivity index (χ4v) is 10.7. The third-order valence-electron chi connectivity index (χ3n) is 10.6. The lowest BCUT2D eigenvalue weighted by Gasteiger charge is -2.54. The molecule has 8 rings (SSSR count). The van der Waals surface area contributed by atoms with E-state index in [1.54, 1.807) is 12.1 Å². The van der Waals surface area contributed by atoms with Crippen molar-refractivity contribution in [3.63, 3.8) is 0 Å². The summed E-state index contributed by atoms with van der Waals surface area (Å²) >= 11 is 0. The number of imide groups is 1. The van der Waals surface area contributed by atoms with Crippen LogP contribution in [-0.4, -0.2) is 68.2 Å². The normalized spacial score (nSPS) is 37.1. The Morgan fingerprint density at radius 3 is 2.39 bits per heavy atom. The van der Waals surface area contributed by atoms with Crippen LogP contribution in [-0.2, 0) is 14.6 Å². The minimum atomic E-state index is -3.24. The Labute approximate surface area is 224 Å². The van der Waals surface area contributed by atoms with Gasteiger partial charge in [-0.05, 0) is 93.1 Å². The minimum Gasteiger partial charge on any atom is -0.370 e. The third kappa shape index (κ3) is 4.07. The van der Waals surface area contributed by atoms with E-state index in [4.69, 9.17) is 0 Å². The molecule has 0 aromatic heterocycles. The number of rotatable bonds is 5. The van der Waals surface area contributed by atoms with Crippen LogP contribution in [0.5, 0.6) is 0 Å². The maximum absolute atomic E-state index is 13.5. The van der Waals surface area contributed by atoms with Crippen LogP contribution in [0, 0.1) is 35.5 Å². The van der Waals surface area contributed by atoms with Gasteiger partial charge in [0.15, 0.2) is 9.84 Å². The molecular formula is C29H37N3O5S. The first-order valence-corrected chi connectivity index (χ1v) is 16.3. The number of benzene rings is 1. The third-order valence-corrected chi connectivity index (χ3v) is 12.3. The molecule has 7 aliphatic rings. The molecule has 0 radical (unpaired) electrons. The van der Waals surface area contributed by atoms with Gasteiger partial charge in [0.05, 0.1) is 40.3 Å². The number of piperidine rings is 1. The Balaban J connectivity index is 1.04. The summed E-state index contributed by atoms with van der Waals surface area (Å²) in [5, 5.41) is 3.32. The van der Waals surface area contributed by atoms with Gasteiger partial charge in [0.25, 0.3) is 11.8 Å². The standard InChI is InChI=1S/C29H37N3O5S/c33-27(30-14-24-20-10-17-9-18(12-20)13-21(24)11-17)19-3-2-7-31(15-19)25-5-1-4-23-26(25)29(35)32(28(23)34)22-6-8-38(36,37)16-22/h1,4-5,17-22,24H,2-3,6-16H2,(H,30,33). The molecule has 3 heterocycles. The summed E-state index contributed by atoms with van der Waals surface area (Å²) in [5.74, 6) is 3.01. The molecule has 4 aliphatic carbocycles. The lowest BCUT2D eigenvalue weighted by atomic mass is 9.52. The van der Waals surface area contributed by atoms with Gasteiger partial charge in [-0.25, -0.2) is 8.42 Å². The molecule has 3 aliphatic heterocycles. The fraction of sp³-hybridized carbons (Fsp3) is 0.690. The van der Waals surface area contributed by atoms with Gasteiger partial charge in [0, 0.05) is 19.6 Å². The zero-order valence-corrected chi connectivity index (χ0v) is 22.6. The molecule has 4 bridgehead atoms. The van der Waals surface area contributed by atoms with Crippen molar-refractivity contribution in [2.45, 2.75) is 57.4 Å². The average Bonchev–Trinajstić information content (AvgIpc) is 3.38. The Morgan fingerprint density at radius 1 is 0.974 bits per heavy atom. The first kappa shape index (κ1) is 24.6. The van der Waals surface area contributed by atoms with Crippen LogP contribution in [0.3, 0.4) is 0 Å². The largest absolute Gasteiger partial charge is 0.370 e. The molecule has 1 N–H and O–H groups in total. The smallest absolute Gasteiger partial charge is 0.263 e. The van der Waals surface area contributed by atoms with Crippen molar-refractivity contribution in [1.29, 1.82) is 0 Å². The quantitative estimate of drug-likeness (QED) is 0.577. The minimum absolute atomic E-state index is 0.00432. The van der Waals surface area contributed by atoms with Crippen molar-refractivity contribution in [3.05, 3.63) is 29.3 Å². The zero-order valence-electron chi connectivity index (χ0n) is 21.8. The van der Waals surface area contributed by atoms with Gasteiger partial charge in [-0.1, -0.05) is 6.07 Å². The van der Waals surface area contributed by atoms with Crippen LogP contribution in [0.15, 0.2) is 18.2 Å². The number of nitrogens with zero attached hydrogens (tertiary/aromatic N) is 2. The van der Waals surface area contributed by atoms with Gasteiger partial charge in [0.1, 0.15) is 0 Å². The first-order chi connectivity index (χ1) is 18.3. The van der Waals surface area contributed by atoms with Gasteiger partial charge in [-0.3, -0.25) is 19.3 Å². The number of sulfone groups is 1. The van der Waals surface area contributed by atoms with Gasteiger partial charge >= 0.3 is 0 Å². The van der Waals surface area contributed by atoms with Crippen LogP contribution < -0.4 is 10.2 Å². The molecule has 0 spiro atoms. The number of nitrogens with one attached hydrogen (secondary N) is 1. The van der Waals surface area contributed by atoms with Crippen molar-refractivity contribution in [2.75, 3.05) is 36.0 Å². The molecule has 4 saturated carbocycles. The lowest BCUT2D eigenvalue weighted by molar-refractivity contribution is -0.126. The van der Waals surface area contributed by atoms with Gasteiger partial charge < -0.3 is 10.2 Å². The predicted octanol–water partition coefficient (Wildman–Crippen LogP) is 2.87. The number of anilines is 1. The number of carbonyl (C=O) groups excluding carboxylic acids is 3. The highest BCUT2D eigenvalue weighted by molar-refractivity contribution is 7.91. The maximum atomic E-state index is 13.5. The second-order valence-corrected chi connectivity index (χ2v) is 15.1. The summed E-state index contributed by atoms with van der Waals surface area (Å²) in [6.45, 7) is 2.02. The summed E-state index contributed by atoms with van der Waals surface area (Å²) in [4.78, 5) is 43.2. The Kier molecular flexibility index (Phi) is 5.87. The fourth-order valence-electron chi connectivity index (χ4n) is 9.00. The number of hydrogen-bond donors (Lipinski definition) is 1. The van der Waals surface area contributed by atoms with E-state index in [-0.39, 0.29) is 23.3 Å². The predicted molar refractivity (Wildman–Crippen MR) is 142 cm³/mol. The number of amides is 3. The van der Waals surface area contributed by atoms with Crippen molar-refractivity contribution >= 4 is 33.2 Å². The van der Waals surface area contributed by atoms with E-state index in [2.05, 4.69) is 10.2 Å². The SMILES string of the molecule is O=C(NCC1C2CC3CC(C2)CC1C3)C1CCCN(c2cccc3c2C(=O)N(C2CCS(=O)(=O)C2)C3=O)C1. The van der Waals surface area contributed by atoms with Crippen molar-refractivity contribution in [1.82, 2.24) is 10.2 Å². The lowest BCUT2D eigenvalue weighted by Crippen LogP contribution is -2.50. The van der Waals surface area contributed by atoms with E-state index in [9.17, 15) is 22.8 Å². The Morgan fingerprint density at radius 2 is 1.71 bits per heavy atom. The van der Waals surface area contributed by atoms with E-state index < -0.39 is 27.7 Å². The maximum Gasteiger partial charge on any atom is 0.263 e. The van der Waals surface area contributed by atoms with Crippen molar-refractivity contribution in [3.8, 4) is 0 Å². The van der Waals surface area contributed by atoms with Crippen molar-refractivity contribution < 1.29 is 22.8 Å². The Hall–Kier alpha value is -2.42. The van der Waals surface area contributed by atoms with E-state index in [1.807, 2.05) is 6.07 Å². The van der Waals surface area contributed by atoms with Crippen LogP contribution in [0.4, 0.5) is 5.69 Å². The summed E-state index contributed by atoms with van der Waals surface area (Å²) < 4.78 is 24.1. The molecule has 38 heavy (non-hydrogen) atoms. The molecule has 3 amide bonds. The second-order valence-electron chi connectivity index (χ2n) is 12.9. The van der Waals surface area contributed by atoms with E-state index >= 15 is 0 Å². The summed E-state index contributed by atoms with van der Waals surface area (Å²) in [6, 6.07) is 4.69. The first-order valence-electron chi connectivity index (χ1n) is 14.5. The molecule has 2 saturated heterocycles. The molecule has 9 heteroatoms. The van der Waals surface area contributed by atoms with Crippen molar-refractivity contribution in [2.24, 2.45) is 35.5 Å².